The highest BCUT2D eigenvalue weighted by Crippen LogP contribution is 2.18. The summed E-state index contributed by atoms with van der Waals surface area (Å²) < 4.78 is 0. The van der Waals surface area contributed by atoms with Gasteiger partial charge in [-0.2, -0.15) is 0 Å². The van der Waals surface area contributed by atoms with Crippen molar-refractivity contribution in [1.82, 2.24) is 15.2 Å². The van der Waals surface area contributed by atoms with Crippen LogP contribution in [-0.4, -0.2) is 26.8 Å². The molecule has 0 spiro atoms. The highest BCUT2D eigenvalue weighted by Gasteiger charge is 2.08. The number of amides is 1. The Morgan fingerprint density at radius 2 is 1.92 bits per heavy atom. The number of anilines is 1. The molecule has 0 aliphatic heterocycles. The molecule has 0 radical (unpaired) electrons. The topological polar surface area (TPSA) is 80.1 Å². The smallest absolute Gasteiger partial charge is 0.231 e. The van der Waals surface area contributed by atoms with Crippen molar-refractivity contribution < 1.29 is 4.79 Å². The fourth-order valence-corrected chi connectivity index (χ4v) is 2.80. The molecule has 1 amide bonds. The van der Waals surface area contributed by atoms with Crippen molar-refractivity contribution in [1.29, 1.82) is 0 Å². The van der Waals surface area contributed by atoms with Crippen molar-refractivity contribution in [2.45, 2.75) is 13.3 Å². The van der Waals surface area contributed by atoms with E-state index < -0.39 is 0 Å². The average molecular weight is 363 g/mol. The lowest BCUT2D eigenvalue weighted by atomic mass is 10.2. The molecule has 0 saturated carbocycles. The summed E-state index contributed by atoms with van der Waals surface area (Å²) >= 11 is 1.32. The van der Waals surface area contributed by atoms with Gasteiger partial charge in [0, 0.05) is 11.9 Å². The lowest BCUT2D eigenvalue weighted by Gasteiger charge is -2.01. The molecule has 0 aliphatic carbocycles. The van der Waals surface area contributed by atoms with E-state index in [2.05, 4.69) is 25.5 Å². The van der Waals surface area contributed by atoms with Crippen LogP contribution < -0.4 is 5.32 Å². The van der Waals surface area contributed by atoms with Gasteiger partial charge in [-0.25, -0.2) is 9.98 Å². The van der Waals surface area contributed by atoms with Gasteiger partial charge in [-0.1, -0.05) is 53.8 Å². The third kappa shape index (κ3) is 5.42. The van der Waals surface area contributed by atoms with E-state index in [1.807, 2.05) is 54.6 Å². The molecule has 1 aromatic carbocycles. The average Bonchev–Trinajstić information content (AvgIpc) is 3.08. The maximum atomic E-state index is 12.1. The Labute approximate surface area is 155 Å². The summed E-state index contributed by atoms with van der Waals surface area (Å²) in [6, 6.07) is 15.4. The molecule has 130 valence electrons. The molecule has 3 aromatic rings. The standard InChI is InChI=1S/C19H17N5OS/c1-14(21-16-9-5-6-12-20-16)13-17(25)22-19-24-23-18(26-19)11-10-15-7-3-2-4-8-15/h2-12H,13H2,1H3,(H,22,24,25)/b11-10+,21-14+. The van der Waals surface area contributed by atoms with E-state index in [1.165, 1.54) is 11.3 Å². The van der Waals surface area contributed by atoms with Crippen molar-refractivity contribution in [2.24, 2.45) is 4.99 Å². The Morgan fingerprint density at radius 3 is 2.69 bits per heavy atom. The first-order chi connectivity index (χ1) is 12.7. The first kappa shape index (κ1) is 17.6. The molecule has 0 bridgehead atoms. The molecule has 0 fully saturated rings. The summed E-state index contributed by atoms with van der Waals surface area (Å²) in [6.07, 6.45) is 5.66. The highest BCUT2D eigenvalue weighted by atomic mass is 32.1. The van der Waals surface area contributed by atoms with Crippen molar-refractivity contribution in [3.05, 3.63) is 65.3 Å². The van der Waals surface area contributed by atoms with Gasteiger partial charge in [0.25, 0.3) is 0 Å². The number of hydrogen-bond acceptors (Lipinski definition) is 6. The van der Waals surface area contributed by atoms with Crippen molar-refractivity contribution in [3.8, 4) is 0 Å². The van der Waals surface area contributed by atoms with Gasteiger partial charge in [0.15, 0.2) is 5.82 Å². The predicted molar refractivity (Wildman–Crippen MR) is 106 cm³/mol. The first-order valence-electron chi connectivity index (χ1n) is 8.01. The van der Waals surface area contributed by atoms with E-state index >= 15 is 0 Å². The van der Waals surface area contributed by atoms with Gasteiger partial charge in [-0.3, -0.25) is 4.79 Å². The Morgan fingerprint density at radius 1 is 1.12 bits per heavy atom. The number of nitrogens with zero attached hydrogens (tertiary/aromatic N) is 4. The van der Waals surface area contributed by atoms with Gasteiger partial charge < -0.3 is 5.32 Å². The summed E-state index contributed by atoms with van der Waals surface area (Å²) in [5.74, 6) is 0.402. The van der Waals surface area contributed by atoms with Crippen LogP contribution in [0.25, 0.3) is 12.2 Å². The van der Waals surface area contributed by atoms with Gasteiger partial charge in [0.1, 0.15) is 5.01 Å². The summed E-state index contributed by atoms with van der Waals surface area (Å²) in [4.78, 5) is 20.5. The van der Waals surface area contributed by atoms with Crippen LogP contribution in [0.2, 0.25) is 0 Å². The lowest BCUT2D eigenvalue weighted by molar-refractivity contribution is -0.115. The second-order valence-corrected chi connectivity index (χ2v) is 6.46. The number of rotatable bonds is 6. The van der Waals surface area contributed by atoms with E-state index in [0.29, 0.717) is 16.7 Å². The van der Waals surface area contributed by atoms with Gasteiger partial charge in [0.2, 0.25) is 11.0 Å². The maximum Gasteiger partial charge on any atom is 0.231 e. The second-order valence-electron chi connectivity index (χ2n) is 5.45. The lowest BCUT2D eigenvalue weighted by Crippen LogP contribution is -2.14. The van der Waals surface area contributed by atoms with E-state index in [0.717, 1.165) is 10.6 Å². The third-order valence-electron chi connectivity index (χ3n) is 3.28. The van der Waals surface area contributed by atoms with Crippen LogP contribution in [0.1, 0.15) is 23.9 Å². The zero-order valence-corrected chi connectivity index (χ0v) is 15.0. The summed E-state index contributed by atoms with van der Waals surface area (Å²) in [7, 11) is 0. The number of hydrogen-bond donors (Lipinski definition) is 1. The van der Waals surface area contributed by atoms with Gasteiger partial charge >= 0.3 is 0 Å². The number of aromatic nitrogens is 3. The zero-order chi connectivity index (χ0) is 18.2. The number of nitrogens with one attached hydrogen (secondary N) is 1. The van der Waals surface area contributed by atoms with Gasteiger partial charge in [-0.15, -0.1) is 10.2 Å². The molecule has 3 rings (SSSR count). The molecular formula is C19H17N5OS. The van der Waals surface area contributed by atoms with Crippen LogP contribution in [-0.2, 0) is 4.79 Å². The van der Waals surface area contributed by atoms with Crippen molar-refractivity contribution >= 4 is 46.1 Å². The largest absolute Gasteiger partial charge is 0.300 e. The summed E-state index contributed by atoms with van der Waals surface area (Å²) in [5, 5.41) is 12.0. The first-order valence-corrected chi connectivity index (χ1v) is 8.82. The number of carbonyl (C=O) groups is 1. The Balaban J connectivity index is 1.56. The van der Waals surface area contributed by atoms with Crippen molar-refractivity contribution in [2.75, 3.05) is 5.32 Å². The molecule has 1 N–H and O–H groups in total. The van der Waals surface area contributed by atoms with Crippen LogP contribution >= 0.6 is 11.3 Å². The molecule has 7 heteroatoms. The summed E-state index contributed by atoms with van der Waals surface area (Å²) in [5.41, 5.74) is 1.75. The van der Waals surface area contributed by atoms with Gasteiger partial charge in [-0.05, 0) is 30.7 Å². The minimum absolute atomic E-state index is 0.172. The minimum Gasteiger partial charge on any atom is -0.300 e. The molecule has 2 heterocycles. The molecule has 6 nitrogen and oxygen atoms in total. The maximum absolute atomic E-state index is 12.1. The molecule has 0 atom stereocenters. The van der Waals surface area contributed by atoms with Crippen LogP contribution in [0.4, 0.5) is 10.9 Å². The molecule has 0 aliphatic rings. The van der Waals surface area contributed by atoms with E-state index in [4.69, 9.17) is 0 Å². The Bertz CT molecular complexity index is 919. The number of benzene rings is 1. The Kier molecular flexibility index (Phi) is 5.95. The minimum atomic E-state index is -0.183. The van der Waals surface area contributed by atoms with Crippen LogP contribution in [0.5, 0.6) is 0 Å². The van der Waals surface area contributed by atoms with E-state index in [9.17, 15) is 4.79 Å². The van der Waals surface area contributed by atoms with E-state index in [1.54, 1.807) is 19.2 Å². The van der Waals surface area contributed by atoms with E-state index in [-0.39, 0.29) is 12.3 Å². The normalized spacial score (nSPS) is 11.7. The SMILES string of the molecule is C/C(CC(=O)Nc1nnc(/C=C/c2ccccc2)s1)=N\c1ccccn1. The zero-order valence-electron chi connectivity index (χ0n) is 14.2. The summed E-state index contributed by atoms with van der Waals surface area (Å²) in [6.45, 7) is 1.79. The fourth-order valence-electron chi connectivity index (χ4n) is 2.13. The van der Waals surface area contributed by atoms with Crippen LogP contribution in [0.15, 0.2) is 59.7 Å². The fraction of sp³-hybridized carbons (Fsp3) is 0.105. The van der Waals surface area contributed by atoms with Crippen LogP contribution in [0.3, 0.4) is 0 Å². The number of pyridine rings is 1. The number of aliphatic imine (C=N–C) groups is 1. The van der Waals surface area contributed by atoms with Crippen molar-refractivity contribution in [3.63, 3.8) is 0 Å². The molecule has 26 heavy (non-hydrogen) atoms. The number of carbonyl (C=O) groups excluding carboxylic acids is 1. The third-order valence-corrected chi connectivity index (χ3v) is 4.08. The van der Waals surface area contributed by atoms with Gasteiger partial charge in [0.05, 0.1) is 6.42 Å². The predicted octanol–water partition coefficient (Wildman–Crippen LogP) is 4.22. The monoisotopic (exact) mass is 363 g/mol. The Hall–Kier alpha value is -3.19. The highest BCUT2D eigenvalue weighted by molar-refractivity contribution is 7.16. The molecule has 0 unspecified atom stereocenters. The molecule has 0 saturated heterocycles. The molecule has 2 aromatic heterocycles. The quantitative estimate of drug-likeness (QED) is 0.665. The molecular weight excluding hydrogens is 346 g/mol. The van der Waals surface area contributed by atoms with Crippen LogP contribution in [0, 0.1) is 0 Å². The second kappa shape index (κ2) is 8.77.